The summed E-state index contributed by atoms with van der Waals surface area (Å²) in [6, 6.07) is 24.2. The van der Waals surface area contributed by atoms with E-state index in [0.29, 0.717) is 16.7 Å². The molecule has 1 N–H and O–H groups in total. The van der Waals surface area contributed by atoms with Crippen LogP contribution >= 0.6 is 23.4 Å². The summed E-state index contributed by atoms with van der Waals surface area (Å²) >= 11 is 7.67. The Kier molecular flexibility index (Phi) is 6.13. The number of benzene rings is 3. The number of rotatable bonds is 5. The minimum atomic E-state index is -0.436. The summed E-state index contributed by atoms with van der Waals surface area (Å²) in [5.74, 6) is 0.800. The molecule has 6 nitrogen and oxygen atoms in total. The van der Waals surface area contributed by atoms with Gasteiger partial charge in [-0.15, -0.1) is 11.8 Å². The third-order valence-corrected chi connectivity index (χ3v) is 6.70. The molecule has 1 unspecified atom stereocenters. The zero-order chi connectivity index (χ0) is 23.7. The molecule has 1 atom stereocenters. The van der Waals surface area contributed by atoms with Crippen LogP contribution in [0.1, 0.15) is 24.4 Å². The van der Waals surface area contributed by atoms with Crippen molar-refractivity contribution in [2.75, 3.05) is 11.2 Å². The van der Waals surface area contributed by atoms with Crippen LogP contribution < -0.4 is 10.2 Å². The van der Waals surface area contributed by atoms with Crippen molar-refractivity contribution in [3.8, 4) is 11.4 Å². The first kappa shape index (κ1) is 22.3. The first-order chi connectivity index (χ1) is 16.5. The zero-order valence-electron chi connectivity index (χ0n) is 18.5. The maximum absolute atomic E-state index is 13.3. The molecule has 0 saturated carbocycles. The number of hydrogen-bond acceptors (Lipinski definition) is 5. The Balaban J connectivity index is 1.63. The van der Waals surface area contributed by atoms with E-state index in [9.17, 15) is 4.79 Å². The van der Waals surface area contributed by atoms with E-state index >= 15 is 0 Å². The van der Waals surface area contributed by atoms with Crippen molar-refractivity contribution in [3.63, 3.8) is 0 Å². The Morgan fingerprint density at radius 3 is 2.38 bits per heavy atom. The van der Waals surface area contributed by atoms with Gasteiger partial charge in [0.1, 0.15) is 0 Å². The molecule has 1 aromatic heterocycles. The van der Waals surface area contributed by atoms with Crippen LogP contribution in [0.25, 0.3) is 17.0 Å². The number of amides is 2. The molecule has 8 heteroatoms. The van der Waals surface area contributed by atoms with Crippen LogP contribution in [0.2, 0.25) is 5.02 Å². The predicted molar refractivity (Wildman–Crippen MR) is 136 cm³/mol. The molecule has 5 rings (SSSR count). The molecular weight excluding hydrogens is 468 g/mol. The molecule has 2 heterocycles. The number of nitrogens with one attached hydrogen (secondary N) is 1. The number of hydrogen-bond donors (Lipinski definition) is 1. The summed E-state index contributed by atoms with van der Waals surface area (Å²) in [6.45, 7) is 1.90. The average Bonchev–Trinajstić information content (AvgIpc) is 3.35. The van der Waals surface area contributed by atoms with Gasteiger partial charge in [-0.3, -0.25) is 4.90 Å². The second kappa shape index (κ2) is 9.37. The largest absolute Gasteiger partial charge is 0.334 e. The first-order valence-corrected chi connectivity index (χ1v) is 12.3. The molecule has 1 aliphatic rings. The van der Waals surface area contributed by atoms with Gasteiger partial charge < -0.3 is 9.84 Å². The minimum Gasteiger partial charge on any atom is -0.334 e. The fourth-order valence-electron chi connectivity index (χ4n) is 4.01. The molecule has 0 saturated heterocycles. The first-order valence-electron chi connectivity index (χ1n) is 10.7. The smallest absolute Gasteiger partial charge is 0.326 e. The number of urea groups is 1. The lowest BCUT2D eigenvalue weighted by atomic mass is 9.94. The Labute approximate surface area is 206 Å². The Bertz CT molecular complexity index is 1350. The molecule has 0 aliphatic carbocycles. The molecule has 3 aromatic carbocycles. The van der Waals surface area contributed by atoms with E-state index < -0.39 is 6.04 Å². The Morgan fingerprint density at radius 2 is 1.71 bits per heavy atom. The van der Waals surface area contributed by atoms with E-state index in [1.54, 1.807) is 28.8 Å². The summed E-state index contributed by atoms with van der Waals surface area (Å²) in [4.78, 5) is 20.7. The summed E-state index contributed by atoms with van der Waals surface area (Å²) in [7, 11) is 0. The number of allylic oxidation sites excluding steroid dienone is 1. The van der Waals surface area contributed by atoms with Gasteiger partial charge in [0.05, 0.1) is 17.3 Å². The fourth-order valence-corrected chi connectivity index (χ4v) is 4.54. The van der Waals surface area contributed by atoms with Gasteiger partial charge in [-0.2, -0.15) is 4.98 Å². The SMILES string of the molecule is CSc1ccc(N2C(=O)NC(c3ccccc3)C(c3nc(-c4ccc(Cl)cc4)no3)=C2C)cc1. The lowest BCUT2D eigenvalue weighted by Crippen LogP contribution is -2.46. The second-order valence-corrected chi connectivity index (χ2v) is 9.07. The predicted octanol–water partition coefficient (Wildman–Crippen LogP) is 6.81. The molecule has 0 spiro atoms. The summed E-state index contributed by atoms with van der Waals surface area (Å²) < 4.78 is 5.73. The number of halogens is 1. The lowest BCUT2D eigenvalue weighted by molar-refractivity contribution is 0.244. The molecular formula is C26H21ClN4O2S. The quantitative estimate of drug-likeness (QED) is 0.312. The number of carbonyl (C=O) groups is 1. The van der Waals surface area contributed by atoms with Crippen molar-refractivity contribution in [1.82, 2.24) is 15.5 Å². The Morgan fingerprint density at radius 1 is 1.00 bits per heavy atom. The molecule has 0 fully saturated rings. The zero-order valence-corrected chi connectivity index (χ0v) is 20.1. The van der Waals surface area contributed by atoms with E-state index in [2.05, 4.69) is 15.5 Å². The second-order valence-electron chi connectivity index (χ2n) is 7.76. The average molecular weight is 489 g/mol. The number of nitrogens with zero attached hydrogens (tertiary/aromatic N) is 3. The van der Waals surface area contributed by atoms with Crippen molar-refractivity contribution in [2.45, 2.75) is 17.9 Å². The highest BCUT2D eigenvalue weighted by Gasteiger charge is 2.36. The normalized spacial score (nSPS) is 16.0. The number of aromatic nitrogens is 2. The van der Waals surface area contributed by atoms with Crippen molar-refractivity contribution in [2.24, 2.45) is 0 Å². The van der Waals surface area contributed by atoms with Gasteiger partial charge in [0.15, 0.2) is 0 Å². The molecule has 34 heavy (non-hydrogen) atoms. The van der Waals surface area contributed by atoms with E-state index in [0.717, 1.165) is 33.0 Å². The molecule has 2 amide bonds. The fraction of sp³-hybridized carbons (Fsp3) is 0.115. The molecule has 0 bridgehead atoms. The standard InChI is InChI=1S/C26H21ClN4O2S/c1-16-22(25-29-24(30-33-25)18-8-10-19(27)11-9-18)23(17-6-4-3-5-7-17)28-26(32)31(16)20-12-14-21(34-2)15-13-20/h3-15,23H,1-2H3,(H,28,32). The summed E-state index contributed by atoms with van der Waals surface area (Å²) in [6.07, 6.45) is 2.02. The highest BCUT2D eigenvalue weighted by atomic mass is 35.5. The van der Waals surface area contributed by atoms with E-state index in [1.807, 2.05) is 79.9 Å². The topological polar surface area (TPSA) is 71.3 Å². The maximum atomic E-state index is 13.3. The van der Waals surface area contributed by atoms with Gasteiger partial charge >= 0.3 is 6.03 Å². The van der Waals surface area contributed by atoms with Crippen molar-refractivity contribution in [1.29, 1.82) is 0 Å². The third-order valence-electron chi connectivity index (χ3n) is 5.71. The van der Waals surface area contributed by atoms with Crippen molar-refractivity contribution >= 4 is 40.7 Å². The van der Waals surface area contributed by atoms with Crippen molar-refractivity contribution < 1.29 is 9.32 Å². The minimum absolute atomic E-state index is 0.218. The number of anilines is 1. The van der Waals surface area contributed by atoms with E-state index in [-0.39, 0.29) is 6.03 Å². The van der Waals surface area contributed by atoms with Gasteiger partial charge in [0, 0.05) is 21.2 Å². The van der Waals surface area contributed by atoms with Crippen LogP contribution in [0.15, 0.2) is 94.0 Å². The number of carbonyl (C=O) groups excluding carboxylic acids is 1. The van der Waals surface area contributed by atoms with Crippen LogP contribution in [0, 0.1) is 0 Å². The highest BCUT2D eigenvalue weighted by Crippen LogP contribution is 2.39. The van der Waals surface area contributed by atoms with Gasteiger partial charge in [-0.05, 0) is 67.3 Å². The molecule has 0 radical (unpaired) electrons. The summed E-state index contributed by atoms with van der Waals surface area (Å²) in [5, 5.41) is 7.95. The van der Waals surface area contributed by atoms with Crippen molar-refractivity contribution in [3.05, 3.63) is 101 Å². The van der Waals surface area contributed by atoms with Crippen LogP contribution in [-0.2, 0) is 0 Å². The van der Waals surface area contributed by atoms with Gasteiger partial charge in [0.25, 0.3) is 5.89 Å². The monoisotopic (exact) mass is 488 g/mol. The van der Waals surface area contributed by atoms with Gasteiger partial charge in [0.2, 0.25) is 5.82 Å². The van der Waals surface area contributed by atoms with Gasteiger partial charge in [-0.25, -0.2) is 4.79 Å². The van der Waals surface area contributed by atoms with Crippen LogP contribution in [0.4, 0.5) is 10.5 Å². The lowest BCUT2D eigenvalue weighted by Gasteiger charge is -2.35. The molecule has 4 aromatic rings. The molecule has 170 valence electrons. The van der Waals surface area contributed by atoms with Crippen LogP contribution in [0.3, 0.4) is 0 Å². The summed E-state index contributed by atoms with van der Waals surface area (Å²) in [5.41, 5.74) is 3.94. The van der Waals surface area contributed by atoms with Crippen LogP contribution in [0.5, 0.6) is 0 Å². The van der Waals surface area contributed by atoms with E-state index in [4.69, 9.17) is 16.1 Å². The molecule has 1 aliphatic heterocycles. The van der Waals surface area contributed by atoms with E-state index in [1.165, 1.54) is 0 Å². The third kappa shape index (κ3) is 4.20. The maximum Gasteiger partial charge on any atom is 0.326 e. The van der Waals surface area contributed by atoms with Gasteiger partial charge in [-0.1, -0.05) is 47.1 Å². The number of thioether (sulfide) groups is 1. The van der Waals surface area contributed by atoms with Crippen LogP contribution in [-0.4, -0.2) is 22.4 Å². The highest BCUT2D eigenvalue weighted by molar-refractivity contribution is 7.98. The Hall–Kier alpha value is -3.55.